The molecule has 12 heavy (non-hydrogen) atoms. The first-order chi connectivity index (χ1) is 5.52. The summed E-state index contributed by atoms with van der Waals surface area (Å²) >= 11 is 2.04. The monoisotopic (exact) mass is 278 g/mol. The number of hydrogen-bond donors (Lipinski definition) is 0. The van der Waals surface area contributed by atoms with Crippen LogP contribution in [0.25, 0.3) is 0 Å². The number of hydrogen-bond acceptors (Lipinski definition) is 1. The van der Waals surface area contributed by atoms with Crippen molar-refractivity contribution in [3.05, 3.63) is 32.6 Å². The molecule has 1 nitrogen and oxygen atoms in total. The highest BCUT2D eigenvalue weighted by Crippen LogP contribution is 2.17. The van der Waals surface area contributed by atoms with Crippen LogP contribution in [-0.2, 0) is 0 Å². The fourth-order valence-electron chi connectivity index (χ4n) is 0.927. The van der Waals surface area contributed by atoms with Crippen LogP contribution in [0.3, 0.4) is 0 Å². The molecule has 0 saturated carbocycles. The van der Waals surface area contributed by atoms with Crippen LogP contribution >= 0.6 is 22.6 Å². The Morgan fingerprint density at radius 3 is 2.58 bits per heavy atom. The van der Waals surface area contributed by atoms with Crippen molar-refractivity contribution in [1.29, 1.82) is 0 Å². The van der Waals surface area contributed by atoms with Gasteiger partial charge in [0, 0.05) is 3.57 Å². The minimum Gasteiger partial charge on any atom is -0.294 e. The van der Waals surface area contributed by atoms with Gasteiger partial charge in [0.15, 0.2) is 5.78 Å². The predicted molar refractivity (Wildman–Crippen MR) is 53.9 cm³/mol. The highest BCUT2D eigenvalue weighted by Gasteiger charge is 2.08. The average Bonchev–Trinajstić information content (AvgIpc) is 1.96. The molecule has 64 valence electrons. The maximum absolute atomic E-state index is 13.1. The lowest BCUT2D eigenvalue weighted by Gasteiger charge is -2.02. The number of halogens is 2. The van der Waals surface area contributed by atoms with Crippen LogP contribution in [0.15, 0.2) is 12.1 Å². The van der Waals surface area contributed by atoms with Crippen molar-refractivity contribution < 1.29 is 9.18 Å². The molecule has 3 heteroatoms. The van der Waals surface area contributed by atoms with Crippen molar-refractivity contribution in [2.24, 2.45) is 0 Å². The third kappa shape index (κ3) is 1.83. The van der Waals surface area contributed by atoms with Crippen molar-refractivity contribution >= 4 is 28.4 Å². The summed E-state index contributed by atoms with van der Waals surface area (Å²) in [6.07, 6.45) is 0. The summed E-state index contributed by atoms with van der Waals surface area (Å²) in [5.74, 6) is -0.662. The van der Waals surface area contributed by atoms with E-state index in [4.69, 9.17) is 0 Å². The molecule has 0 fully saturated rings. The second-order valence-electron chi connectivity index (χ2n) is 2.64. The van der Waals surface area contributed by atoms with Gasteiger partial charge in [-0.1, -0.05) is 0 Å². The molecular formula is C9H8FIO. The second-order valence-corrected chi connectivity index (χ2v) is 3.80. The van der Waals surface area contributed by atoms with Gasteiger partial charge in [-0.05, 0) is 54.1 Å². The lowest BCUT2D eigenvalue weighted by Crippen LogP contribution is -1.98. The molecule has 0 aliphatic carbocycles. The molecule has 0 saturated heterocycles. The van der Waals surface area contributed by atoms with E-state index in [9.17, 15) is 9.18 Å². The fraction of sp³-hybridized carbons (Fsp3) is 0.222. The Morgan fingerprint density at radius 2 is 2.08 bits per heavy atom. The minimum absolute atomic E-state index is 0.174. The molecule has 0 heterocycles. The summed E-state index contributed by atoms with van der Waals surface area (Å²) in [5.41, 5.74) is 1.11. The van der Waals surface area contributed by atoms with Gasteiger partial charge in [0.05, 0.1) is 5.56 Å². The van der Waals surface area contributed by atoms with Gasteiger partial charge in [0.1, 0.15) is 5.82 Å². The molecule has 0 unspecified atom stereocenters. The summed E-state index contributed by atoms with van der Waals surface area (Å²) in [4.78, 5) is 10.9. The largest absolute Gasteiger partial charge is 0.294 e. The second kappa shape index (κ2) is 3.51. The van der Waals surface area contributed by atoms with Crippen molar-refractivity contribution in [2.45, 2.75) is 13.8 Å². The first-order valence-electron chi connectivity index (χ1n) is 3.49. The van der Waals surface area contributed by atoms with Crippen molar-refractivity contribution in [1.82, 2.24) is 0 Å². The zero-order valence-corrected chi connectivity index (χ0v) is 8.98. The quantitative estimate of drug-likeness (QED) is 0.570. The van der Waals surface area contributed by atoms with E-state index in [0.29, 0.717) is 0 Å². The lowest BCUT2D eigenvalue weighted by atomic mass is 10.1. The van der Waals surface area contributed by atoms with Gasteiger partial charge in [-0.2, -0.15) is 0 Å². The van der Waals surface area contributed by atoms with E-state index >= 15 is 0 Å². The van der Waals surface area contributed by atoms with E-state index in [-0.39, 0.29) is 11.3 Å². The Hall–Kier alpha value is -0.450. The van der Waals surface area contributed by atoms with E-state index < -0.39 is 5.82 Å². The van der Waals surface area contributed by atoms with Gasteiger partial charge in [-0.15, -0.1) is 0 Å². The SMILES string of the molecule is CC(=O)c1cc(C)c(I)cc1F. The molecular weight excluding hydrogens is 270 g/mol. The third-order valence-electron chi connectivity index (χ3n) is 1.63. The first kappa shape index (κ1) is 9.64. The molecule has 0 spiro atoms. The normalized spacial score (nSPS) is 10.0. The number of ketones is 1. The summed E-state index contributed by atoms with van der Waals surface area (Å²) < 4.78 is 13.9. The van der Waals surface area contributed by atoms with Crippen molar-refractivity contribution in [3.8, 4) is 0 Å². The first-order valence-corrected chi connectivity index (χ1v) is 4.57. The Bertz CT molecular complexity index is 334. The van der Waals surface area contributed by atoms with Gasteiger partial charge in [0.25, 0.3) is 0 Å². The van der Waals surface area contributed by atoms with E-state index in [1.807, 2.05) is 29.5 Å². The van der Waals surface area contributed by atoms with Crippen molar-refractivity contribution in [2.75, 3.05) is 0 Å². The third-order valence-corrected chi connectivity index (χ3v) is 2.79. The Kier molecular flexibility index (Phi) is 2.82. The molecule has 0 aliphatic rings. The number of carbonyl (C=O) groups is 1. The molecule has 0 aromatic heterocycles. The fourth-order valence-corrected chi connectivity index (χ4v) is 1.36. The van der Waals surface area contributed by atoms with Gasteiger partial charge in [0.2, 0.25) is 0 Å². The van der Waals surface area contributed by atoms with E-state index in [0.717, 1.165) is 9.13 Å². The number of rotatable bonds is 1. The molecule has 0 bridgehead atoms. The highest BCUT2D eigenvalue weighted by molar-refractivity contribution is 14.1. The Morgan fingerprint density at radius 1 is 1.50 bits per heavy atom. The van der Waals surface area contributed by atoms with Gasteiger partial charge in [-0.25, -0.2) is 4.39 Å². The molecule has 0 amide bonds. The van der Waals surface area contributed by atoms with E-state index in [1.54, 1.807) is 6.07 Å². The molecule has 0 atom stereocenters. The van der Waals surface area contributed by atoms with Gasteiger partial charge < -0.3 is 0 Å². The van der Waals surface area contributed by atoms with E-state index in [1.165, 1.54) is 13.0 Å². The maximum Gasteiger partial charge on any atom is 0.162 e. The lowest BCUT2D eigenvalue weighted by molar-refractivity contribution is 0.101. The predicted octanol–water partition coefficient (Wildman–Crippen LogP) is 2.94. The smallest absolute Gasteiger partial charge is 0.162 e. The van der Waals surface area contributed by atoms with E-state index in [2.05, 4.69) is 0 Å². The number of aryl methyl sites for hydroxylation is 1. The summed E-state index contributed by atoms with van der Waals surface area (Å²) in [5, 5.41) is 0. The number of benzene rings is 1. The van der Waals surface area contributed by atoms with Gasteiger partial charge in [-0.3, -0.25) is 4.79 Å². The highest BCUT2D eigenvalue weighted by atomic mass is 127. The topological polar surface area (TPSA) is 17.1 Å². The molecule has 0 N–H and O–H groups in total. The number of carbonyl (C=O) groups excluding carboxylic acids is 1. The summed E-state index contributed by atoms with van der Waals surface area (Å²) in [7, 11) is 0. The summed E-state index contributed by atoms with van der Waals surface area (Å²) in [6.45, 7) is 3.22. The standard InChI is InChI=1S/C9H8FIO/c1-5-3-7(6(2)12)8(10)4-9(5)11/h3-4H,1-2H3. The summed E-state index contributed by atoms with van der Waals surface area (Å²) in [6, 6.07) is 2.96. The molecule has 1 rings (SSSR count). The number of Topliss-reactive ketones (excluding diaryl/α,β-unsaturated/α-hetero) is 1. The zero-order valence-electron chi connectivity index (χ0n) is 6.82. The Labute approximate surface area is 84.1 Å². The van der Waals surface area contributed by atoms with Crippen LogP contribution in [0.4, 0.5) is 4.39 Å². The maximum atomic E-state index is 13.1. The van der Waals surface area contributed by atoms with Crippen LogP contribution in [0.1, 0.15) is 22.8 Å². The van der Waals surface area contributed by atoms with Crippen LogP contribution in [0.5, 0.6) is 0 Å². The van der Waals surface area contributed by atoms with Gasteiger partial charge >= 0.3 is 0 Å². The van der Waals surface area contributed by atoms with Crippen molar-refractivity contribution in [3.63, 3.8) is 0 Å². The average molecular weight is 278 g/mol. The molecule has 0 radical (unpaired) electrons. The minimum atomic E-state index is -0.433. The molecule has 1 aromatic carbocycles. The van der Waals surface area contributed by atoms with Crippen LogP contribution in [-0.4, -0.2) is 5.78 Å². The van der Waals surface area contributed by atoms with Crippen LogP contribution in [0.2, 0.25) is 0 Å². The van der Waals surface area contributed by atoms with Crippen LogP contribution < -0.4 is 0 Å². The Balaban J connectivity index is 3.33. The zero-order chi connectivity index (χ0) is 9.30. The molecule has 0 aliphatic heterocycles. The van der Waals surface area contributed by atoms with Crippen LogP contribution in [0, 0.1) is 16.3 Å². The molecule has 1 aromatic rings.